The molecule has 1 aromatic heterocycles. The van der Waals surface area contributed by atoms with Gasteiger partial charge in [0.05, 0.1) is 12.7 Å². The molecule has 1 aliphatic rings. The molecule has 1 saturated carbocycles. The molecule has 0 radical (unpaired) electrons. The van der Waals surface area contributed by atoms with Crippen molar-refractivity contribution in [2.75, 3.05) is 7.11 Å². The fourth-order valence-corrected chi connectivity index (χ4v) is 2.50. The van der Waals surface area contributed by atoms with Gasteiger partial charge in [-0.25, -0.2) is 0 Å². The van der Waals surface area contributed by atoms with Gasteiger partial charge in [0.1, 0.15) is 5.75 Å². The van der Waals surface area contributed by atoms with Crippen molar-refractivity contribution in [1.29, 1.82) is 0 Å². The van der Waals surface area contributed by atoms with Gasteiger partial charge < -0.3 is 9.94 Å². The molecule has 0 saturated heterocycles. The predicted octanol–water partition coefficient (Wildman–Crippen LogP) is 3.53. The van der Waals surface area contributed by atoms with Gasteiger partial charge in [-0.2, -0.15) is 4.73 Å². The van der Waals surface area contributed by atoms with Crippen LogP contribution in [0.5, 0.6) is 5.75 Å². The Morgan fingerprint density at radius 1 is 1.21 bits per heavy atom. The summed E-state index contributed by atoms with van der Waals surface area (Å²) in [7, 11) is 1.64. The Bertz CT molecular complexity index is 606. The zero-order valence-electron chi connectivity index (χ0n) is 10.6. The first kappa shape index (κ1) is 12.3. The third kappa shape index (κ3) is 2.26. The average Bonchev–Trinajstić information content (AvgIpc) is 3.24. The van der Waals surface area contributed by atoms with Crippen LogP contribution < -0.4 is 9.47 Å². The zero-order valence-corrected chi connectivity index (χ0v) is 11.4. The number of aromatic nitrogens is 1. The summed E-state index contributed by atoms with van der Waals surface area (Å²) >= 11 is 5.90. The Balaban J connectivity index is 2.20. The normalized spacial score (nSPS) is 14.4. The van der Waals surface area contributed by atoms with E-state index in [1.165, 1.54) is 6.20 Å². The first-order valence-corrected chi connectivity index (χ1v) is 6.64. The minimum absolute atomic E-state index is 0.432. The highest BCUT2D eigenvalue weighted by Crippen LogP contribution is 2.47. The maximum absolute atomic E-state index is 12.2. The lowest BCUT2D eigenvalue weighted by molar-refractivity contribution is -0.594. The molecule has 2 aromatic rings. The van der Waals surface area contributed by atoms with Crippen molar-refractivity contribution < 1.29 is 9.47 Å². The van der Waals surface area contributed by atoms with Gasteiger partial charge in [0, 0.05) is 16.7 Å². The molecule has 1 aliphatic carbocycles. The second-order valence-corrected chi connectivity index (χ2v) is 5.19. The smallest absolute Gasteiger partial charge is 0.230 e. The van der Waals surface area contributed by atoms with E-state index in [4.69, 9.17) is 16.3 Å². The standard InChI is InChI=1S/C15H14ClNO2/c1-19-13-8-9-17(18)15(14(13)10-2-3-10)11-4-6-12(16)7-5-11/h4-10H,2-3H2,1H3. The highest BCUT2D eigenvalue weighted by atomic mass is 35.5. The minimum Gasteiger partial charge on any atom is -0.618 e. The Morgan fingerprint density at radius 2 is 1.89 bits per heavy atom. The van der Waals surface area contributed by atoms with Gasteiger partial charge >= 0.3 is 0 Å². The molecule has 0 amide bonds. The number of nitrogens with zero attached hydrogens (tertiary/aromatic N) is 1. The van der Waals surface area contributed by atoms with Gasteiger partial charge in [-0.3, -0.25) is 0 Å². The summed E-state index contributed by atoms with van der Waals surface area (Å²) in [6.07, 6.45) is 3.72. The van der Waals surface area contributed by atoms with E-state index in [0.29, 0.717) is 16.6 Å². The molecule has 1 aromatic carbocycles. The van der Waals surface area contributed by atoms with Crippen molar-refractivity contribution >= 4 is 11.6 Å². The van der Waals surface area contributed by atoms with E-state index in [0.717, 1.165) is 34.4 Å². The van der Waals surface area contributed by atoms with Gasteiger partial charge in [-0.1, -0.05) is 11.6 Å². The number of rotatable bonds is 3. The van der Waals surface area contributed by atoms with Crippen LogP contribution in [0.2, 0.25) is 5.02 Å². The lowest BCUT2D eigenvalue weighted by Gasteiger charge is -2.13. The molecule has 4 heteroatoms. The molecule has 19 heavy (non-hydrogen) atoms. The average molecular weight is 276 g/mol. The van der Waals surface area contributed by atoms with Gasteiger partial charge in [-0.05, 0) is 43.0 Å². The summed E-state index contributed by atoms with van der Waals surface area (Å²) < 4.78 is 6.33. The van der Waals surface area contributed by atoms with Crippen molar-refractivity contribution in [2.45, 2.75) is 18.8 Å². The highest BCUT2D eigenvalue weighted by molar-refractivity contribution is 6.30. The number of ether oxygens (including phenoxy) is 1. The van der Waals surface area contributed by atoms with Crippen molar-refractivity contribution in [2.24, 2.45) is 0 Å². The van der Waals surface area contributed by atoms with E-state index in [9.17, 15) is 5.21 Å². The molecule has 1 fully saturated rings. The van der Waals surface area contributed by atoms with E-state index < -0.39 is 0 Å². The summed E-state index contributed by atoms with van der Waals surface area (Å²) in [5.41, 5.74) is 2.57. The fourth-order valence-electron chi connectivity index (χ4n) is 2.37. The lowest BCUT2D eigenvalue weighted by Crippen LogP contribution is -2.30. The SMILES string of the molecule is COc1cc[n+]([O-])c(-c2ccc(Cl)cc2)c1C1CC1. The summed E-state index contributed by atoms with van der Waals surface area (Å²) in [6, 6.07) is 9.08. The van der Waals surface area contributed by atoms with Crippen LogP contribution in [0.15, 0.2) is 36.5 Å². The van der Waals surface area contributed by atoms with Crippen LogP contribution in [0.1, 0.15) is 24.3 Å². The summed E-state index contributed by atoms with van der Waals surface area (Å²) in [6.45, 7) is 0. The van der Waals surface area contributed by atoms with E-state index >= 15 is 0 Å². The zero-order chi connectivity index (χ0) is 13.4. The van der Waals surface area contributed by atoms with Crippen LogP contribution in [0.3, 0.4) is 0 Å². The number of pyridine rings is 1. The topological polar surface area (TPSA) is 36.2 Å². The second kappa shape index (κ2) is 4.74. The van der Waals surface area contributed by atoms with Gasteiger partial charge in [-0.15, -0.1) is 0 Å². The van der Waals surface area contributed by atoms with Crippen molar-refractivity contribution in [3.05, 3.63) is 52.3 Å². The largest absolute Gasteiger partial charge is 0.618 e. The molecule has 0 unspecified atom stereocenters. The molecular formula is C15H14ClNO2. The van der Waals surface area contributed by atoms with Crippen molar-refractivity contribution in [1.82, 2.24) is 0 Å². The number of benzene rings is 1. The maximum atomic E-state index is 12.2. The first-order valence-electron chi connectivity index (χ1n) is 6.26. The van der Waals surface area contributed by atoms with Crippen LogP contribution in [0.4, 0.5) is 0 Å². The van der Waals surface area contributed by atoms with Crippen LogP contribution in [0.25, 0.3) is 11.3 Å². The van der Waals surface area contributed by atoms with E-state index in [2.05, 4.69) is 0 Å². The van der Waals surface area contributed by atoms with E-state index in [1.54, 1.807) is 25.3 Å². The molecular weight excluding hydrogens is 262 g/mol. The third-order valence-corrected chi connectivity index (χ3v) is 3.68. The Hall–Kier alpha value is -1.74. The van der Waals surface area contributed by atoms with Crippen LogP contribution >= 0.6 is 11.6 Å². The molecule has 0 spiro atoms. The number of halogens is 1. The number of methoxy groups -OCH3 is 1. The quantitative estimate of drug-likeness (QED) is 0.635. The molecule has 0 aliphatic heterocycles. The van der Waals surface area contributed by atoms with E-state index in [-0.39, 0.29) is 0 Å². The third-order valence-electron chi connectivity index (χ3n) is 3.43. The van der Waals surface area contributed by atoms with Crippen molar-refractivity contribution in [3.63, 3.8) is 0 Å². The predicted molar refractivity (Wildman–Crippen MR) is 74.4 cm³/mol. The summed E-state index contributed by atoms with van der Waals surface area (Å²) in [5.74, 6) is 1.22. The maximum Gasteiger partial charge on any atom is 0.230 e. The van der Waals surface area contributed by atoms with Crippen LogP contribution in [-0.2, 0) is 0 Å². The molecule has 0 N–H and O–H groups in total. The Kier molecular flexibility index (Phi) is 3.07. The van der Waals surface area contributed by atoms with Crippen LogP contribution in [0, 0.1) is 5.21 Å². The second-order valence-electron chi connectivity index (χ2n) is 4.75. The number of hydrogen-bond donors (Lipinski definition) is 0. The van der Waals surface area contributed by atoms with Crippen molar-refractivity contribution in [3.8, 4) is 17.0 Å². The molecule has 1 heterocycles. The fraction of sp³-hybridized carbons (Fsp3) is 0.267. The Labute approximate surface area is 117 Å². The molecule has 3 rings (SSSR count). The van der Waals surface area contributed by atoms with Gasteiger partial charge in [0.15, 0.2) is 6.20 Å². The highest BCUT2D eigenvalue weighted by Gasteiger charge is 2.34. The summed E-state index contributed by atoms with van der Waals surface area (Å²) in [5, 5.41) is 12.8. The molecule has 0 bridgehead atoms. The lowest BCUT2D eigenvalue weighted by atomic mass is 10.0. The monoisotopic (exact) mass is 275 g/mol. The van der Waals surface area contributed by atoms with Crippen LogP contribution in [-0.4, -0.2) is 7.11 Å². The first-order chi connectivity index (χ1) is 9.20. The van der Waals surface area contributed by atoms with E-state index in [1.807, 2.05) is 12.1 Å². The number of hydrogen-bond acceptors (Lipinski definition) is 2. The molecule has 3 nitrogen and oxygen atoms in total. The minimum atomic E-state index is 0.432. The van der Waals surface area contributed by atoms with Gasteiger partial charge in [0.2, 0.25) is 5.69 Å². The van der Waals surface area contributed by atoms with Gasteiger partial charge in [0.25, 0.3) is 0 Å². The summed E-state index contributed by atoms with van der Waals surface area (Å²) in [4.78, 5) is 0. The Morgan fingerprint density at radius 3 is 2.47 bits per heavy atom. The molecule has 98 valence electrons. The molecule has 0 atom stereocenters.